The van der Waals surface area contributed by atoms with Gasteiger partial charge in [-0.15, -0.1) is 0 Å². The van der Waals surface area contributed by atoms with Gasteiger partial charge in [0.05, 0.1) is 22.4 Å². The van der Waals surface area contributed by atoms with Crippen LogP contribution in [0.1, 0.15) is 17.3 Å². The second kappa shape index (κ2) is 5.11. The minimum atomic E-state index is -0.329. The number of carbonyl (C=O) groups is 1. The lowest BCUT2D eigenvalue weighted by molar-refractivity contribution is 0.0527. The molecule has 4 nitrogen and oxygen atoms in total. The van der Waals surface area contributed by atoms with Crippen molar-refractivity contribution >= 4 is 33.3 Å². The number of thioether (sulfide) groups is 1. The fraction of sp³-hybridized carbons (Fsp3) is 0.375. The highest BCUT2D eigenvalue weighted by molar-refractivity contribution is 7.98. The van der Waals surface area contributed by atoms with E-state index in [1.807, 2.05) is 6.26 Å². The summed E-state index contributed by atoms with van der Waals surface area (Å²) in [4.78, 5) is 19.6. The van der Waals surface area contributed by atoms with Crippen LogP contribution in [0.25, 0.3) is 0 Å². The molecule has 0 atom stereocenters. The van der Waals surface area contributed by atoms with E-state index in [0.717, 1.165) is 15.6 Å². The molecular formula is C8H12N2O2SSi. The Bertz CT molecular complexity index is 346. The van der Waals surface area contributed by atoms with E-state index in [2.05, 4.69) is 9.97 Å². The molecule has 0 aliphatic heterocycles. The lowest BCUT2D eigenvalue weighted by Gasteiger charge is -2.04. The monoisotopic (exact) mass is 228 g/mol. The highest BCUT2D eigenvalue weighted by Gasteiger charge is 2.11. The normalized spacial score (nSPS) is 10.1. The standard InChI is InChI=1S/C8H12N2O2SSi/c1-3-12-7(11)5-4-9-8(13-2)10-6(5)14/h4H,3H2,1-2,14H3. The first-order valence-electron chi connectivity index (χ1n) is 4.23. The van der Waals surface area contributed by atoms with Gasteiger partial charge < -0.3 is 4.74 Å². The number of esters is 1. The van der Waals surface area contributed by atoms with Crippen LogP contribution in [0.4, 0.5) is 0 Å². The molecule has 1 aromatic heterocycles. The molecule has 1 aromatic rings. The molecule has 0 bridgehead atoms. The molecule has 0 N–H and O–H groups in total. The van der Waals surface area contributed by atoms with Crippen LogP contribution in [0.3, 0.4) is 0 Å². The molecule has 0 aliphatic carbocycles. The van der Waals surface area contributed by atoms with Crippen molar-refractivity contribution in [2.24, 2.45) is 0 Å². The zero-order valence-corrected chi connectivity index (χ0v) is 11.2. The maximum atomic E-state index is 11.4. The molecule has 0 amide bonds. The Morgan fingerprint density at radius 3 is 2.93 bits per heavy atom. The van der Waals surface area contributed by atoms with Gasteiger partial charge in [-0.25, -0.2) is 14.8 Å². The molecule has 1 rings (SSSR count). The van der Waals surface area contributed by atoms with E-state index in [4.69, 9.17) is 4.74 Å². The molecule has 0 saturated carbocycles. The van der Waals surface area contributed by atoms with E-state index in [1.165, 1.54) is 11.8 Å². The molecule has 0 fully saturated rings. The zero-order chi connectivity index (χ0) is 10.6. The third-order valence-corrected chi connectivity index (χ3v) is 2.96. The highest BCUT2D eigenvalue weighted by Crippen LogP contribution is 2.05. The highest BCUT2D eigenvalue weighted by atomic mass is 32.2. The number of rotatable bonds is 3. The molecule has 6 heteroatoms. The van der Waals surface area contributed by atoms with Gasteiger partial charge in [0.25, 0.3) is 0 Å². The topological polar surface area (TPSA) is 52.1 Å². The lowest BCUT2D eigenvalue weighted by atomic mass is 10.3. The largest absolute Gasteiger partial charge is 0.462 e. The van der Waals surface area contributed by atoms with Crippen LogP contribution in [0.5, 0.6) is 0 Å². The van der Waals surface area contributed by atoms with Gasteiger partial charge in [-0.3, -0.25) is 0 Å². The van der Waals surface area contributed by atoms with Crippen molar-refractivity contribution < 1.29 is 9.53 Å². The molecule has 14 heavy (non-hydrogen) atoms. The van der Waals surface area contributed by atoms with Gasteiger partial charge in [0.1, 0.15) is 0 Å². The van der Waals surface area contributed by atoms with Crippen LogP contribution in [0, 0.1) is 0 Å². The SMILES string of the molecule is CCOC(=O)c1cnc(SC)nc1[SiH3]. The number of aromatic nitrogens is 2. The van der Waals surface area contributed by atoms with Crippen molar-refractivity contribution in [3.63, 3.8) is 0 Å². The minimum Gasteiger partial charge on any atom is -0.462 e. The number of hydrogen-bond acceptors (Lipinski definition) is 5. The number of ether oxygens (including phenoxy) is 1. The summed E-state index contributed by atoms with van der Waals surface area (Å²) in [6.07, 6.45) is 3.44. The molecule has 0 aliphatic rings. The van der Waals surface area contributed by atoms with Crippen LogP contribution in [0.2, 0.25) is 0 Å². The Hall–Kier alpha value is -0.883. The van der Waals surface area contributed by atoms with Crippen LogP contribution in [0.15, 0.2) is 11.4 Å². The smallest absolute Gasteiger partial charge is 0.341 e. The molecule has 0 spiro atoms. The van der Waals surface area contributed by atoms with Gasteiger partial charge in [-0.1, -0.05) is 11.8 Å². The molecular weight excluding hydrogens is 216 g/mol. The number of carbonyl (C=O) groups excluding carboxylic acids is 1. The molecule has 0 radical (unpaired) electrons. The third kappa shape index (κ3) is 2.55. The summed E-state index contributed by atoms with van der Waals surface area (Å²) >= 11 is 1.46. The summed E-state index contributed by atoms with van der Waals surface area (Å²) in [7, 11) is 0.718. The van der Waals surface area contributed by atoms with Crippen LogP contribution in [-0.4, -0.2) is 39.0 Å². The van der Waals surface area contributed by atoms with Gasteiger partial charge in [-0.05, 0) is 13.2 Å². The van der Waals surface area contributed by atoms with E-state index in [9.17, 15) is 4.79 Å². The van der Waals surface area contributed by atoms with Crippen molar-refractivity contribution in [2.75, 3.05) is 12.9 Å². The summed E-state index contributed by atoms with van der Waals surface area (Å²) in [5.41, 5.74) is 0.497. The summed E-state index contributed by atoms with van der Waals surface area (Å²) < 4.78 is 4.88. The van der Waals surface area contributed by atoms with Gasteiger partial charge in [0.2, 0.25) is 0 Å². The van der Waals surface area contributed by atoms with Crippen LogP contribution >= 0.6 is 11.8 Å². The first kappa shape index (κ1) is 11.2. The number of nitrogens with zero attached hydrogens (tertiary/aromatic N) is 2. The summed E-state index contributed by atoms with van der Waals surface area (Å²) in [6, 6.07) is 0. The fourth-order valence-electron chi connectivity index (χ4n) is 0.953. The van der Waals surface area contributed by atoms with E-state index in [0.29, 0.717) is 17.3 Å². The van der Waals surface area contributed by atoms with Crippen LogP contribution in [-0.2, 0) is 4.74 Å². The van der Waals surface area contributed by atoms with Crippen molar-refractivity contribution in [1.82, 2.24) is 9.97 Å². The Kier molecular flexibility index (Phi) is 4.09. The second-order valence-electron chi connectivity index (χ2n) is 2.58. The summed E-state index contributed by atoms with van der Waals surface area (Å²) in [5.74, 6) is -0.329. The van der Waals surface area contributed by atoms with Crippen LogP contribution < -0.4 is 5.32 Å². The van der Waals surface area contributed by atoms with Crippen molar-refractivity contribution in [2.45, 2.75) is 12.1 Å². The zero-order valence-electron chi connectivity index (χ0n) is 8.40. The Morgan fingerprint density at radius 1 is 1.71 bits per heavy atom. The second-order valence-corrected chi connectivity index (χ2v) is 4.30. The first-order valence-corrected chi connectivity index (χ1v) is 6.46. The molecule has 1 heterocycles. The fourth-order valence-corrected chi connectivity index (χ4v) is 2.05. The molecule has 0 unspecified atom stereocenters. The van der Waals surface area contributed by atoms with E-state index >= 15 is 0 Å². The Morgan fingerprint density at radius 2 is 2.43 bits per heavy atom. The molecule has 0 saturated heterocycles. The van der Waals surface area contributed by atoms with E-state index in [-0.39, 0.29) is 5.97 Å². The summed E-state index contributed by atoms with van der Waals surface area (Å²) in [6.45, 7) is 2.16. The minimum absolute atomic E-state index is 0.329. The first-order chi connectivity index (χ1) is 6.69. The predicted octanol–water partition coefficient (Wildman–Crippen LogP) is -0.634. The average Bonchev–Trinajstić information content (AvgIpc) is 2.17. The average molecular weight is 228 g/mol. The quantitative estimate of drug-likeness (QED) is 0.298. The van der Waals surface area contributed by atoms with Gasteiger partial charge in [0.15, 0.2) is 5.16 Å². The van der Waals surface area contributed by atoms with E-state index in [1.54, 1.807) is 13.1 Å². The van der Waals surface area contributed by atoms with Gasteiger partial charge >= 0.3 is 5.97 Å². The van der Waals surface area contributed by atoms with Gasteiger partial charge in [-0.2, -0.15) is 0 Å². The Balaban J connectivity index is 2.94. The Labute approximate surface area is 89.9 Å². The third-order valence-electron chi connectivity index (χ3n) is 1.64. The van der Waals surface area contributed by atoms with Gasteiger partial charge in [0, 0.05) is 11.5 Å². The number of hydrogen-bond donors (Lipinski definition) is 0. The van der Waals surface area contributed by atoms with Crippen molar-refractivity contribution in [1.29, 1.82) is 0 Å². The maximum Gasteiger partial charge on any atom is 0.341 e. The molecule has 76 valence electrons. The predicted molar refractivity (Wildman–Crippen MR) is 59.3 cm³/mol. The van der Waals surface area contributed by atoms with E-state index < -0.39 is 0 Å². The lowest BCUT2D eigenvalue weighted by Crippen LogP contribution is -2.22. The maximum absolute atomic E-state index is 11.4. The molecule has 0 aromatic carbocycles. The summed E-state index contributed by atoms with van der Waals surface area (Å²) in [5, 5.41) is 1.49. The van der Waals surface area contributed by atoms with Crippen molar-refractivity contribution in [3.8, 4) is 0 Å². The van der Waals surface area contributed by atoms with Crippen molar-refractivity contribution in [3.05, 3.63) is 11.8 Å².